The van der Waals surface area contributed by atoms with Crippen molar-refractivity contribution in [1.29, 1.82) is 0 Å². The molecule has 1 aromatic rings. The maximum absolute atomic E-state index is 11.7. The van der Waals surface area contributed by atoms with E-state index in [0.29, 0.717) is 23.0 Å². The van der Waals surface area contributed by atoms with E-state index in [0.717, 1.165) is 24.9 Å². The second-order valence-corrected chi connectivity index (χ2v) is 5.27. The summed E-state index contributed by atoms with van der Waals surface area (Å²) in [7, 11) is 0. The third-order valence-corrected chi connectivity index (χ3v) is 3.67. The number of rotatable bonds is 4. The molecule has 1 heterocycles. The lowest BCUT2D eigenvalue weighted by Gasteiger charge is -2.11. The van der Waals surface area contributed by atoms with Crippen LogP contribution in [-0.2, 0) is 11.2 Å². The van der Waals surface area contributed by atoms with Crippen LogP contribution in [0.15, 0.2) is 18.2 Å². The molecule has 1 unspecified atom stereocenters. The fraction of sp³-hybridized carbons (Fsp3) is 0.462. The van der Waals surface area contributed by atoms with Gasteiger partial charge in [-0.3, -0.25) is 4.79 Å². The molecule has 98 valence electrons. The highest BCUT2D eigenvalue weighted by atomic mass is 35.5. The number of halogens is 2. The summed E-state index contributed by atoms with van der Waals surface area (Å²) in [5, 5.41) is 7.37. The number of carbonyl (C=O) groups is 1. The average Bonchev–Trinajstić information content (AvgIpc) is 2.85. The molecule has 0 radical (unpaired) electrons. The summed E-state index contributed by atoms with van der Waals surface area (Å²) in [5.41, 5.74) is 1.00. The first-order valence-corrected chi connectivity index (χ1v) is 6.87. The molecule has 5 heteroatoms. The normalized spacial score (nSPS) is 18.9. The van der Waals surface area contributed by atoms with Crippen LogP contribution >= 0.6 is 23.2 Å². The van der Waals surface area contributed by atoms with E-state index in [1.54, 1.807) is 6.07 Å². The van der Waals surface area contributed by atoms with Gasteiger partial charge < -0.3 is 10.6 Å². The van der Waals surface area contributed by atoms with Gasteiger partial charge in [0.1, 0.15) is 0 Å². The third kappa shape index (κ3) is 3.61. The summed E-state index contributed by atoms with van der Waals surface area (Å²) in [5.74, 6) is 0.0811. The zero-order valence-corrected chi connectivity index (χ0v) is 11.5. The maximum atomic E-state index is 11.7. The molecule has 1 amide bonds. The lowest BCUT2D eigenvalue weighted by molar-refractivity contribution is -0.122. The Balaban J connectivity index is 1.79. The minimum atomic E-state index is -0.0225. The van der Waals surface area contributed by atoms with Gasteiger partial charge in [-0.2, -0.15) is 0 Å². The van der Waals surface area contributed by atoms with Crippen molar-refractivity contribution in [2.24, 2.45) is 0 Å². The third-order valence-electron chi connectivity index (χ3n) is 3.09. The zero-order chi connectivity index (χ0) is 13.0. The molecule has 0 spiro atoms. The summed E-state index contributed by atoms with van der Waals surface area (Å²) < 4.78 is 0. The highest BCUT2D eigenvalue weighted by molar-refractivity contribution is 6.35. The summed E-state index contributed by atoms with van der Waals surface area (Å²) in [4.78, 5) is 11.7. The quantitative estimate of drug-likeness (QED) is 0.893. The van der Waals surface area contributed by atoms with E-state index in [1.165, 1.54) is 0 Å². The Morgan fingerprint density at radius 2 is 2.28 bits per heavy atom. The van der Waals surface area contributed by atoms with Crippen molar-refractivity contribution in [2.75, 3.05) is 13.1 Å². The lowest BCUT2D eigenvalue weighted by Crippen LogP contribution is -2.41. The van der Waals surface area contributed by atoms with Crippen LogP contribution in [0.2, 0.25) is 10.0 Å². The Kier molecular flexibility index (Phi) is 4.87. The fourth-order valence-corrected chi connectivity index (χ4v) is 2.58. The van der Waals surface area contributed by atoms with Crippen molar-refractivity contribution in [3.05, 3.63) is 33.8 Å². The van der Waals surface area contributed by atoms with Gasteiger partial charge in [-0.1, -0.05) is 29.3 Å². The van der Waals surface area contributed by atoms with E-state index < -0.39 is 0 Å². The van der Waals surface area contributed by atoms with Gasteiger partial charge in [0.15, 0.2) is 0 Å². The number of hydrogen-bond donors (Lipinski definition) is 2. The van der Waals surface area contributed by atoms with Gasteiger partial charge in [-0.05, 0) is 43.5 Å². The maximum Gasteiger partial charge on any atom is 0.237 e. The van der Waals surface area contributed by atoms with Crippen LogP contribution in [0.5, 0.6) is 0 Å². The molecule has 1 aliphatic rings. The van der Waals surface area contributed by atoms with Crippen LogP contribution in [0.3, 0.4) is 0 Å². The van der Waals surface area contributed by atoms with Crippen LogP contribution in [0, 0.1) is 0 Å². The molecule has 1 saturated heterocycles. The Morgan fingerprint density at radius 3 is 2.94 bits per heavy atom. The van der Waals surface area contributed by atoms with Gasteiger partial charge in [-0.25, -0.2) is 0 Å². The molecule has 1 aromatic carbocycles. The van der Waals surface area contributed by atoms with Crippen LogP contribution in [0.4, 0.5) is 0 Å². The molecule has 2 rings (SSSR count). The second-order valence-electron chi connectivity index (χ2n) is 4.43. The van der Waals surface area contributed by atoms with Crippen molar-refractivity contribution >= 4 is 29.1 Å². The van der Waals surface area contributed by atoms with Crippen molar-refractivity contribution in [3.63, 3.8) is 0 Å². The topological polar surface area (TPSA) is 41.1 Å². The Morgan fingerprint density at radius 1 is 1.44 bits per heavy atom. The van der Waals surface area contributed by atoms with E-state index in [9.17, 15) is 4.79 Å². The van der Waals surface area contributed by atoms with Gasteiger partial charge >= 0.3 is 0 Å². The lowest BCUT2D eigenvalue weighted by atomic mass is 10.1. The monoisotopic (exact) mass is 286 g/mol. The molecule has 0 aliphatic carbocycles. The van der Waals surface area contributed by atoms with E-state index in [1.807, 2.05) is 12.1 Å². The standard InChI is InChI=1S/C13H16Cl2N2O/c14-10-4-3-9(11(15)8-10)5-7-17-13(18)12-2-1-6-16-12/h3-4,8,12,16H,1-2,5-7H2,(H,17,18). The SMILES string of the molecule is O=C(NCCc1ccc(Cl)cc1Cl)C1CCCN1. The Hall–Kier alpha value is -0.770. The largest absolute Gasteiger partial charge is 0.354 e. The highest BCUT2D eigenvalue weighted by Crippen LogP contribution is 2.21. The fourth-order valence-electron chi connectivity index (χ4n) is 2.08. The molecular weight excluding hydrogens is 271 g/mol. The zero-order valence-electron chi connectivity index (χ0n) is 10.0. The molecule has 0 aromatic heterocycles. The van der Waals surface area contributed by atoms with Crippen LogP contribution in [0.1, 0.15) is 18.4 Å². The highest BCUT2D eigenvalue weighted by Gasteiger charge is 2.21. The Labute approximate surface area is 117 Å². The summed E-state index contributed by atoms with van der Waals surface area (Å²) in [6.45, 7) is 1.53. The van der Waals surface area contributed by atoms with Crippen molar-refractivity contribution in [2.45, 2.75) is 25.3 Å². The second kappa shape index (κ2) is 6.41. The van der Waals surface area contributed by atoms with E-state index in [-0.39, 0.29) is 11.9 Å². The number of hydrogen-bond acceptors (Lipinski definition) is 2. The first-order chi connectivity index (χ1) is 8.66. The molecule has 0 bridgehead atoms. The molecule has 1 aliphatic heterocycles. The molecule has 0 saturated carbocycles. The summed E-state index contributed by atoms with van der Waals surface area (Å²) in [6.07, 6.45) is 2.71. The predicted molar refractivity (Wildman–Crippen MR) is 74.2 cm³/mol. The van der Waals surface area contributed by atoms with Crippen molar-refractivity contribution < 1.29 is 4.79 Å². The molecule has 2 N–H and O–H groups in total. The minimum Gasteiger partial charge on any atom is -0.354 e. The van der Waals surface area contributed by atoms with Gasteiger partial charge in [0.05, 0.1) is 6.04 Å². The van der Waals surface area contributed by atoms with Crippen LogP contribution in [-0.4, -0.2) is 25.0 Å². The number of carbonyl (C=O) groups excluding carboxylic acids is 1. The average molecular weight is 287 g/mol. The number of nitrogens with one attached hydrogen (secondary N) is 2. The molecule has 1 fully saturated rings. The van der Waals surface area contributed by atoms with Crippen molar-refractivity contribution in [3.8, 4) is 0 Å². The molecule has 18 heavy (non-hydrogen) atoms. The first kappa shape index (κ1) is 13.7. The molecule has 3 nitrogen and oxygen atoms in total. The van der Waals surface area contributed by atoms with E-state index in [4.69, 9.17) is 23.2 Å². The Bertz CT molecular complexity index is 431. The first-order valence-electron chi connectivity index (χ1n) is 6.12. The molecule has 1 atom stereocenters. The number of benzene rings is 1. The predicted octanol–water partition coefficient (Wildman–Crippen LogP) is 2.40. The number of amides is 1. The van der Waals surface area contributed by atoms with Gasteiger partial charge in [0.25, 0.3) is 0 Å². The van der Waals surface area contributed by atoms with E-state index in [2.05, 4.69) is 10.6 Å². The summed E-state index contributed by atoms with van der Waals surface area (Å²) >= 11 is 11.9. The minimum absolute atomic E-state index is 0.0225. The smallest absolute Gasteiger partial charge is 0.237 e. The van der Waals surface area contributed by atoms with Gasteiger partial charge in [-0.15, -0.1) is 0 Å². The summed E-state index contributed by atoms with van der Waals surface area (Å²) in [6, 6.07) is 5.40. The van der Waals surface area contributed by atoms with Crippen LogP contribution < -0.4 is 10.6 Å². The van der Waals surface area contributed by atoms with Gasteiger partial charge in [0, 0.05) is 16.6 Å². The van der Waals surface area contributed by atoms with Gasteiger partial charge in [0.2, 0.25) is 5.91 Å². The van der Waals surface area contributed by atoms with Crippen LogP contribution in [0.25, 0.3) is 0 Å². The van der Waals surface area contributed by atoms with Crippen molar-refractivity contribution in [1.82, 2.24) is 10.6 Å². The molecular formula is C13H16Cl2N2O. The van der Waals surface area contributed by atoms with E-state index >= 15 is 0 Å².